The zero-order valence-electron chi connectivity index (χ0n) is 69.4. The first kappa shape index (κ1) is 88.0. The first-order chi connectivity index (χ1) is 57.7. The van der Waals surface area contributed by atoms with Gasteiger partial charge in [-0.1, -0.05) is 271 Å². The first-order valence-electron chi connectivity index (χ1n) is 38.8. The van der Waals surface area contributed by atoms with E-state index in [1.165, 1.54) is 0 Å². The summed E-state index contributed by atoms with van der Waals surface area (Å²) < 4.78 is 26.9. The molecule has 2 aliphatic rings. The van der Waals surface area contributed by atoms with Gasteiger partial charge >= 0.3 is 152 Å². The molecule has 24 heteroatoms. The number of aromatic nitrogens is 12. The molecule has 0 unspecified atom stereocenters. The van der Waals surface area contributed by atoms with E-state index in [4.69, 9.17) is 68.5 Å². The van der Waals surface area contributed by atoms with Gasteiger partial charge in [0.25, 0.3) is 6.47 Å². The second-order valence-electron chi connectivity index (χ2n) is 30.6. The molecular formula is C97H79B2BrCs2N12O7. The Balaban J connectivity index is 0.000000170. The molecule has 0 N–H and O–H groups in total. The summed E-state index contributed by atoms with van der Waals surface area (Å²) in [7, 11) is -1.17. The summed E-state index contributed by atoms with van der Waals surface area (Å²) in [5.74, 6) is 5.68. The van der Waals surface area contributed by atoms with Crippen LogP contribution < -0.4 is 154 Å². The Bertz CT molecular complexity index is 6170. The Morgan fingerprint density at radius 3 is 0.810 bits per heavy atom. The zero-order valence-corrected chi connectivity index (χ0v) is 82.6. The van der Waals surface area contributed by atoms with Crippen molar-refractivity contribution >= 4 is 80.3 Å². The minimum absolute atomic E-state index is 0. The Morgan fingerprint density at radius 2 is 0.521 bits per heavy atom. The normalized spacial score (nSPS) is 13.9. The second kappa shape index (κ2) is 39.0. The van der Waals surface area contributed by atoms with Gasteiger partial charge in [-0.25, -0.2) is 59.8 Å². The van der Waals surface area contributed by atoms with Crippen molar-refractivity contribution in [1.82, 2.24) is 59.8 Å². The molecule has 0 saturated carbocycles. The standard InChI is InChI=1S/C49H31N7.C33H37B2N3O4.C14H9BrN2.CH2O3.2Cs.H/c1-3-11-34(12-4-1)47-54-48(35-13-5-2-6-14-35)56-49(55-47)42-28-40(32-19-23-36(24-20-32)45-50-30-38-15-7-9-17-43(38)52-45)27-41(29-42)33-21-25-37(26-22-33)46-51-31-39-16-8-10-18-44(39)53-46;1-30(2)31(3,4)40-34(39-30)25-19-24(20-26(21-25)35-41-32(5,6)33(7,8)42-35)29-37-27(22-15-11-9-12-16-22)36-28(38-29)23-17-13-10-14-18-23;15-12-7-5-10(6-8-12)14-16-9-11-3-1-2-4-13(11)17-14;2-1-4-3;;;/h1-31H;9-21H,1-8H3;1-9H;1,3H;;;/q;;;;2*+1;-1/p-1. The molecule has 5 aromatic heterocycles. The summed E-state index contributed by atoms with van der Waals surface area (Å²) in [5, 5.41) is 11.5. The molecule has 2 saturated heterocycles. The predicted octanol–water partition coefficient (Wildman–Crippen LogP) is 13.5. The van der Waals surface area contributed by atoms with Crippen LogP contribution >= 0.6 is 15.9 Å². The van der Waals surface area contributed by atoms with Gasteiger partial charge < -0.3 is 30.2 Å². The smallest absolute Gasteiger partial charge is 1.00 e. The third kappa shape index (κ3) is 20.6. The SMILES string of the molecule is Brc1ccc(-c2ncc3ccccc3n2)cc1.CC1(C)OB(c2cc(B3OC(C)(C)C(C)(C)O3)cc(-c3nc(-c4ccccc4)nc(-c4ccccc4)n3)c2)OC1(C)C.O=CO[O-].[Cs+].[Cs+].[H-].c1ccc(-c2nc(-c3ccccc3)nc(-c3cc(-c4ccc(-c5ncc6ccccc6n5)cc4)cc(-c4ccc(-c5ncc6ccccc6n5)cc4)c3)n2)cc1. The third-order valence-electron chi connectivity index (χ3n) is 21.4. The Labute approximate surface area is 830 Å². The number of fused-ring (bicyclic) bond motifs is 3. The molecule has 0 aliphatic carbocycles. The van der Waals surface area contributed by atoms with Gasteiger partial charge in [0.2, 0.25) is 0 Å². The molecule has 12 aromatic carbocycles. The van der Waals surface area contributed by atoms with E-state index in [9.17, 15) is 0 Å². The fourth-order valence-corrected chi connectivity index (χ4v) is 13.8. The fourth-order valence-electron chi connectivity index (χ4n) is 13.6. The number of para-hydroxylation sites is 3. The number of rotatable bonds is 14. The molecule has 7 heterocycles. The van der Waals surface area contributed by atoms with Crippen LogP contribution in [0.15, 0.2) is 326 Å². The van der Waals surface area contributed by atoms with E-state index in [-0.39, 0.29) is 146 Å². The van der Waals surface area contributed by atoms with Crippen LogP contribution in [-0.4, -0.2) is 103 Å². The van der Waals surface area contributed by atoms with Crippen LogP contribution in [0.25, 0.3) is 157 Å². The van der Waals surface area contributed by atoms with Crippen LogP contribution in [0.3, 0.4) is 0 Å². The van der Waals surface area contributed by atoms with Gasteiger partial charge in [-0.05, 0) is 137 Å². The topological polar surface area (TPSA) is 241 Å². The van der Waals surface area contributed by atoms with Crippen molar-refractivity contribution in [3.63, 3.8) is 0 Å². The van der Waals surface area contributed by atoms with Crippen LogP contribution in [0.5, 0.6) is 0 Å². The average molecular weight is 1890 g/mol. The van der Waals surface area contributed by atoms with Gasteiger partial charge in [0.15, 0.2) is 52.4 Å². The molecule has 19 nitrogen and oxygen atoms in total. The van der Waals surface area contributed by atoms with E-state index >= 15 is 0 Å². The summed E-state index contributed by atoms with van der Waals surface area (Å²) in [5.41, 5.74) is 14.9. The molecule has 0 bridgehead atoms. The van der Waals surface area contributed by atoms with Crippen LogP contribution in [0, 0.1) is 0 Å². The maximum Gasteiger partial charge on any atom is 1.00 e. The van der Waals surface area contributed by atoms with Crippen molar-refractivity contribution in [2.75, 3.05) is 0 Å². The molecule has 0 atom stereocenters. The van der Waals surface area contributed by atoms with E-state index < -0.39 is 36.6 Å². The van der Waals surface area contributed by atoms with Crippen molar-refractivity contribution in [2.45, 2.75) is 77.8 Å². The Morgan fingerprint density at radius 1 is 0.289 bits per heavy atom. The van der Waals surface area contributed by atoms with Crippen molar-refractivity contribution in [3.05, 3.63) is 326 Å². The molecule has 2 aliphatic heterocycles. The van der Waals surface area contributed by atoms with Crippen LogP contribution in [0.1, 0.15) is 56.8 Å². The van der Waals surface area contributed by atoms with Crippen molar-refractivity contribution in [1.29, 1.82) is 0 Å². The van der Waals surface area contributed by atoms with Crippen LogP contribution in [0.4, 0.5) is 0 Å². The molecule has 121 heavy (non-hydrogen) atoms. The Kier molecular flexibility index (Phi) is 28.4. The van der Waals surface area contributed by atoms with Gasteiger partial charge in [0.05, 0.1) is 39.0 Å². The Hall–Kier alpha value is -9.34. The van der Waals surface area contributed by atoms with Gasteiger partial charge in [-0.2, -0.15) is 0 Å². The van der Waals surface area contributed by atoms with E-state index in [0.29, 0.717) is 46.6 Å². The van der Waals surface area contributed by atoms with Gasteiger partial charge in [-0.3, -0.25) is 4.79 Å². The number of nitrogens with zero attached hydrogens (tertiary/aromatic N) is 12. The number of halogens is 1. The number of hydrogen-bond donors (Lipinski definition) is 0. The number of hydrogen-bond acceptors (Lipinski definition) is 19. The van der Waals surface area contributed by atoms with Crippen LogP contribution in [-0.2, 0) is 28.3 Å². The van der Waals surface area contributed by atoms with E-state index in [1.807, 2.05) is 255 Å². The molecule has 0 spiro atoms. The summed E-state index contributed by atoms with van der Waals surface area (Å²) in [6, 6.07) is 101. The predicted molar refractivity (Wildman–Crippen MR) is 473 cm³/mol. The number of carbonyl (C=O) groups excluding carboxylic acids is 1. The molecule has 0 amide bonds. The first-order valence-corrected chi connectivity index (χ1v) is 39.6. The summed E-state index contributed by atoms with van der Waals surface area (Å²) in [6.07, 6.45) is 5.61. The molecule has 2 fully saturated rings. The summed E-state index contributed by atoms with van der Waals surface area (Å²) in [4.78, 5) is 69.0. The minimum Gasteiger partial charge on any atom is -1.00 e. The van der Waals surface area contributed by atoms with Gasteiger partial charge in [-0.15, -0.1) is 0 Å². The summed E-state index contributed by atoms with van der Waals surface area (Å²) in [6.45, 7) is 16.2. The number of carbonyl (C=O) groups is 1. The maximum atomic E-state index is 8.64. The largest absolute Gasteiger partial charge is 1.00 e. The van der Waals surface area contributed by atoms with E-state index in [2.05, 4.69) is 163 Å². The molecule has 19 rings (SSSR count). The summed E-state index contributed by atoms with van der Waals surface area (Å²) >= 11 is 3.42. The van der Waals surface area contributed by atoms with Crippen molar-refractivity contribution < 1.29 is 173 Å². The minimum atomic E-state index is -0.583. The van der Waals surface area contributed by atoms with Gasteiger partial charge in [0.1, 0.15) is 0 Å². The molecule has 0 radical (unpaired) electrons. The van der Waals surface area contributed by atoms with Crippen molar-refractivity contribution in [3.8, 4) is 125 Å². The average Bonchev–Trinajstić information content (AvgIpc) is 1.65. The fraction of sp³-hybridized carbons (Fsp3) is 0.124. The second-order valence-corrected chi connectivity index (χ2v) is 31.5. The van der Waals surface area contributed by atoms with Crippen molar-refractivity contribution in [2.24, 2.45) is 0 Å². The van der Waals surface area contributed by atoms with Gasteiger partial charge in [0, 0.05) is 89.3 Å². The third-order valence-corrected chi connectivity index (χ3v) is 22.0. The maximum absolute atomic E-state index is 8.64. The molecule has 584 valence electrons. The van der Waals surface area contributed by atoms with E-state index in [0.717, 1.165) is 126 Å². The molecular weight excluding hydrogens is 1810 g/mol. The molecule has 17 aromatic rings. The van der Waals surface area contributed by atoms with E-state index in [1.54, 1.807) is 0 Å². The van der Waals surface area contributed by atoms with Crippen LogP contribution in [0.2, 0.25) is 0 Å². The number of benzene rings is 12. The zero-order chi connectivity index (χ0) is 82.3. The quantitative estimate of drug-likeness (QED) is 0.0425. The monoisotopic (exact) mass is 1890 g/mol.